The zero-order chi connectivity index (χ0) is 17.7. The Morgan fingerprint density at radius 1 is 1.50 bits per heavy atom. The molecule has 4 atom stereocenters. The summed E-state index contributed by atoms with van der Waals surface area (Å²) in [7, 11) is 0. The highest BCUT2D eigenvalue weighted by Crippen LogP contribution is 2.28. The van der Waals surface area contributed by atoms with Crippen LogP contribution in [0, 0.1) is 11.3 Å². The molecule has 1 saturated heterocycles. The smallest absolute Gasteiger partial charge is 0.412 e. The number of ether oxygens (including phenoxy) is 2. The first-order valence-corrected chi connectivity index (χ1v) is 7.00. The average molecular weight is 340 g/mol. The van der Waals surface area contributed by atoms with Crippen LogP contribution in [0.25, 0.3) is 0 Å². The zero-order valence-corrected chi connectivity index (χ0v) is 12.4. The molecule has 11 heteroatoms. The number of aromatic nitrogens is 2. The van der Waals surface area contributed by atoms with Crippen LogP contribution < -0.4 is 11.0 Å². The molecule has 1 aromatic rings. The quantitative estimate of drug-likeness (QED) is 0.457. The summed E-state index contributed by atoms with van der Waals surface area (Å²) in [5, 5.41) is 39.2. The number of hydrogen-bond donors (Lipinski definition) is 4. The van der Waals surface area contributed by atoms with Crippen LogP contribution in [0.1, 0.15) is 12.6 Å². The summed E-state index contributed by atoms with van der Waals surface area (Å²) in [5.74, 6) is -0.0926. The molecule has 1 aliphatic heterocycles. The lowest BCUT2D eigenvalue weighted by Gasteiger charge is -2.17. The molecule has 1 amide bonds. The van der Waals surface area contributed by atoms with Crippen molar-refractivity contribution in [3.63, 3.8) is 0 Å². The van der Waals surface area contributed by atoms with Crippen LogP contribution in [0.15, 0.2) is 17.1 Å². The average Bonchev–Trinajstić information content (AvgIpc) is 2.83. The van der Waals surface area contributed by atoms with E-state index >= 15 is 0 Å². The van der Waals surface area contributed by atoms with E-state index in [1.54, 1.807) is 6.07 Å². The molecule has 0 saturated carbocycles. The number of anilines is 1. The number of carbonyl (C=O) groups excluding carboxylic acids is 1. The number of nitrogens with zero attached hydrogens (tertiary/aromatic N) is 3. The van der Waals surface area contributed by atoms with E-state index in [4.69, 9.17) is 15.1 Å². The predicted molar refractivity (Wildman–Crippen MR) is 76.7 cm³/mol. The van der Waals surface area contributed by atoms with Gasteiger partial charge in [0.15, 0.2) is 6.23 Å². The van der Waals surface area contributed by atoms with Crippen LogP contribution in [-0.2, 0) is 9.47 Å². The van der Waals surface area contributed by atoms with Crippen molar-refractivity contribution in [3.8, 4) is 6.07 Å². The predicted octanol–water partition coefficient (Wildman–Crippen LogP) is -1.68. The Labute approximate surface area is 135 Å². The molecule has 4 N–H and O–H groups in total. The molecule has 1 aliphatic rings. The van der Waals surface area contributed by atoms with Gasteiger partial charge in [0.2, 0.25) is 0 Å². The van der Waals surface area contributed by atoms with E-state index in [1.807, 2.05) is 0 Å². The second-order valence-corrected chi connectivity index (χ2v) is 4.90. The van der Waals surface area contributed by atoms with Crippen LogP contribution in [0.5, 0.6) is 0 Å². The standard InChI is InChI=1S/C13H16N4O7/c14-3-1-5-23-13(22)16-8-2-4-17(12(21)15-8)11-10(20)9(19)7(6-18)24-11/h2,4,7,9-11,18-20H,1,5-6H2,(H,15,16,21,22)/t7-,9-,10-,11-/m1/s1. The van der Waals surface area contributed by atoms with Gasteiger partial charge in [0, 0.05) is 6.20 Å². The Hall–Kier alpha value is -2.52. The van der Waals surface area contributed by atoms with Gasteiger partial charge in [-0.25, -0.2) is 9.59 Å². The van der Waals surface area contributed by atoms with Crippen molar-refractivity contribution < 1.29 is 29.6 Å². The van der Waals surface area contributed by atoms with Crippen LogP contribution in [-0.4, -0.2) is 62.5 Å². The largest absolute Gasteiger partial charge is 0.448 e. The molecule has 24 heavy (non-hydrogen) atoms. The van der Waals surface area contributed by atoms with Crippen LogP contribution >= 0.6 is 0 Å². The maximum absolute atomic E-state index is 12.0. The van der Waals surface area contributed by atoms with Gasteiger partial charge in [0.1, 0.15) is 30.7 Å². The molecule has 2 rings (SSSR count). The van der Waals surface area contributed by atoms with Gasteiger partial charge in [-0.15, -0.1) is 0 Å². The molecular weight excluding hydrogens is 324 g/mol. The van der Waals surface area contributed by atoms with E-state index in [-0.39, 0.29) is 18.8 Å². The van der Waals surface area contributed by atoms with Crippen LogP contribution in [0.4, 0.5) is 10.6 Å². The third-order valence-electron chi connectivity index (χ3n) is 3.30. The normalized spacial score (nSPS) is 25.9. The number of aliphatic hydroxyl groups excluding tert-OH is 3. The summed E-state index contributed by atoms with van der Waals surface area (Å²) in [6, 6.07) is 3.07. The first-order valence-electron chi connectivity index (χ1n) is 7.00. The lowest BCUT2D eigenvalue weighted by atomic mass is 10.1. The molecule has 1 fully saturated rings. The van der Waals surface area contributed by atoms with E-state index in [0.29, 0.717) is 0 Å². The summed E-state index contributed by atoms with van der Waals surface area (Å²) >= 11 is 0. The SMILES string of the molecule is N#CCCOC(=O)Nc1ccn([C@@H]2O[C@H](CO)[C@@H](O)[C@H]2O)c(=O)n1. The van der Waals surface area contributed by atoms with E-state index in [9.17, 15) is 19.8 Å². The van der Waals surface area contributed by atoms with Gasteiger partial charge in [-0.3, -0.25) is 9.88 Å². The van der Waals surface area contributed by atoms with Crippen LogP contribution in [0.2, 0.25) is 0 Å². The Kier molecular flexibility index (Phi) is 5.83. The van der Waals surface area contributed by atoms with E-state index in [0.717, 1.165) is 4.57 Å². The highest BCUT2D eigenvalue weighted by Gasteiger charge is 2.43. The summed E-state index contributed by atoms with van der Waals surface area (Å²) < 4.78 is 10.8. The molecule has 0 aromatic carbocycles. The van der Waals surface area contributed by atoms with Gasteiger partial charge in [-0.1, -0.05) is 0 Å². The van der Waals surface area contributed by atoms with Gasteiger partial charge in [0.25, 0.3) is 0 Å². The molecule has 0 unspecified atom stereocenters. The van der Waals surface area contributed by atoms with Gasteiger partial charge in [0.05, 0.1) is 19.1 Å². The van der Waals surface area contributed by atoms with Crippen molar-refractivity contribution in [2.75, 3.05) is 18.5 Å². The Bertz CT molecular complexity index is 686. The first kappa shape index (κ1) is 17.8. The minimum Gasteiger partial charge on any atom is -0.448 e. The monoisotopic (exact) mass is 340 g/mol. The van der Waals surface area contributed by atoms with Crippen molar-refractivity contribution in [1.82, 2.24) is 9.55 Å². The topological polar surface area (TPSA) is 167 Å². The molecule has 11 nitrogen and oxygen atoms in total. The third kappa shape index (κ3) is 3.87. The number of rotatable bonds is 5. The summed E-state index contributed by atoms with van der Waals surface area (Å²) in [6.07, 6.45) is -4.63. The minimum absolute atomic E-state index is 0.0354. The van der Waals surface area contributed by atoms with Crippen molar-refractivity contribution in [2.45, 2.75) is 31.0 Å². The fraction of sp³-hybridized carbons (Fsp3) is 0.538. The number of amides is 1. The zero-order valence-electron chi connectivity index (χ0n) is 12.4. The second kappa shape index (κ2) is 7.84. The maximum Gasteiger partial charge on any atom is 0.412 e. The molecule has 0 spiro atoms. The van der Waals surface area contributed by atoms with Crippen LogP contribution in [0.3, 0.4) is 0 Å². The molecule has 0 radical (unpaired) electrons. The Morgan fingerprint density at radius 3 is 2.83 bits per heavy atom. The third-order valence-corrected chi connectivity index (χ3v) is 3.30. The van der Waals surface area contributed by atoms with Crippen molar-refractivity contribution in [1.29, 1.82) is 5.26 Å². The molecule has 0 aliphatic carbocycles. The minimum atomic E-state index is -1.42. The van der Waals surface area contributed by atoms with Gasteiger partial charge in [-0.2, -0.15) is 10.2 Å². The molecule has 1 aromatic heterocycles. The van der Waals surface area contributed by atoms with E-state index < -0.39 is 42.9 Å². The highest BCUT2D eigenvalue weighted by atomic mass is 16.6. The van der Waals surface area contributed by atoms with Gasteiger partial charge in [-0.05, 0) is 6.07 Å². The Balaban J connectivity index is 2.07. The highest BCUT2D eigenvalue weighted by molar-refractivity contribution is 5.83. The summed E-state index contributed by atoms with van der Waals surface area (Å²) in [4.78, 5) is 27.0. The molecule has 2 heterocycles. The second-order valence-electron chi connectivity index (χ2n) is 4.90. The number of nitriles is 1. The number of nitrogens with one attached hydrogen (secondary N) is 1. The molecule has 0 bridgehead atoms. The van der Waals surface area contributed by atoms with Crippen molar-refractivity contribution in [2.24, 2.45) is 0 Å². The summed E-state index contributed by atoms with van der Waals surface area (Å²) in [6.45, 7) is -0.618. The molecular formula is C13H16N4O7. The van der Waals surface area contributed by atoms with Crippen molar-refractivity contribution >= 4 is 11.9 Å². The fourth-order valence-corrected chi connectivity index (χ4v) is 2.12. The first-order chi connectivity index (χ1) is 11.5. The van der Waals surface area contributed by atoms with E-state index in [2.05, 4.69) is 15.0 Å². The fourth-order valence-electron chi connectivity index (χ4n) is 2.12. The lowest BCUT2D eigenvalue weighted by molar-refractivity contribution is -0.0549. The number of carbonyl (C=O) groups is 1. The van der Waals surface area contributed by atoms with E-state index in [1.165, 1.54) is 12.3 Å². The van der Waals surface area contributed by atoms with Gasteiger partial charge >= 0.3 is 11.8 Å². The lowest BCUT2D eigenvalue weighted by Crippen LogP contribution is -2.36. The van der Waals surface area contributed by atoms with Gasteiger partial charge < -0.3 is 24.8 Å². The Morgan fingerprint density at radius 2 is 2.25 bits per heavy atom. The van der Waals surface area contributed by atoms with Crippen molar-refractivity contribution in [3.05, 3.63) is 22.7 Å². The number of hydrogen-bond acceptors (Lipinski definition) is 9. The molecule has 130 valence electrons. The summed E-state index contributed by atoms with van der Waals surface area (Å²) in [5.41, 5.74) is -0.848. The number of aliphatic hydroxyl groups is 3. The maximum atomic E-state index is 12.0.